The smallest absolute Gasteiger partial charge is 0.317 e. The normalized spacial score (nSPS) is 24.9. The van der Waals surface area contributed by atoms with Gasteiger partial charge in [-0.25, -0.2) is 4.79 Å². The number of nitrogens with zero attached hydrogens (tertiary/aromatic N) is 1. The van der Waals surface area contributed by atoms with Crippen LogP contribution in [-0.4, -0.2) is 52.6 Å². The number of carbonyl (C=O) groups excluding carboxylic acids is 1. The summed E-state index contributed by atoms with van der Waals surface area (Å²) in [5.41, 5.74) is -0.198. The highest BCUT2D eigenvalue weighted by atomic mass is 32.2. The summed E-state index contributed by atoms with van der Waals surface area (Å²) in [6, 6.07) is -0.0274. The van der Waals surface area contributed by atoms with Crippen LogP contribution in [0.1, 0.15) is 39.0 Å². The quantitative estimate of drug-likeness (QED) is 0.816. The Balaban J connectivity index is 1.80. The number of thioether (sulfide) groups is 1. The molecule has 5 nitrogen and oxygen atoms in total. The van der Waals surface area contributed by atoms with Gasteiger partial charge in [0.2, 0.25) is 0 Å². The molecule has 0 aromatic heterocycles. The Labute approximate surface area is 124 Å². The summed E-state index contributed by atoms with van der Waals surface area (Å²) in [4.78, 5) is 25.0. The molecule has 0 aromatic rings. The number of carboxylic acid groups (broad SMARTS) is 1. The van der Waals surface area contributed by atoms with E-state index in [9.17, 15) is 9.59 Å². The molecule has 20 heavy (non-hydrogen) atoms. The monoisotopic (exact) mass is 300 g/mol. The van der Waals surface area contributed by atoms with Crippen LogP contribution in [0.15, 0.2) is 0 Å². The SMILES string of the molecule is CCC1CN(C(=O)NCC2(CC(=O)O)CCC2)CCS1. The van der Waals surface area contributed by atoms with Crippen molar-refractivity contribution >= 4 is 23.8 Å². The summed E-state index contributed by atoms with van der Waals surface area (Å²) in [5.74, 6) is 0.228. The van der Waals surface area contributed by atoms with Crippen LogP contribution in [0.3, 0.4) is 0 Å². The van der Waals surface area contributed by atoms with Crippen molar-refractivity contribution in [1.82, 2.24) is 10.2 Å². The van der Waals surface area contributed by atoms with E-state index in [1.54, 1.807) is 0 Å². The molecule has 1 aliphatic carbocycles. The molecule has 1 saturated heterocycles. The van der Waals surface area contributed by atoms with E-state index in [4.69, 9.17) is 5.11 Å². The van der Waals surface area contributed by atoms with E-state index in [1.807, 2.05) is 16.7 Å². The van der Waals surface area contributed by atoms with Gasteiger partial charge in [-0.2, -0.15) is 11.8 Å². The molecule has 0 radical (unpaired) electrons. The van der Waals surface area contributed by atoms with Crippen molar-refractivity contribution in [2.45, 2.75) is 44.3 Å². The van der Waals surface area contributed by atoms with E-state index in [0.717, 1.165) is 44.5 Å². The predicted octanol–water partition coefficient (Wildman–Crippen LogP) is 2.17. The molecule has 1 unspecified atom stereocenters. The third kappa shape index (κ3) is 3.81. The highest BCUT2D eigenvalue weighted by Crippen LogP contribution is 2.43. The second-order valence-electron chi connectivity index (χ2n) is 5.93. The lowest BCUT2D eigenvalue weighted by Gasteiger charge is -2.41. The maximum atomic E-state index is 12.2. The molecular formula is C14H24N2O3S. The lowest BCUT2D eigenvalue weighted by atomic mass is 9.66. The second kappa shape index (κ2) is 6.70. The number of rotatable bonds is 5. The number of hydrogen-bond acceptors (Lipinski definition) is 3. The Morgan fingerprint density at radius 2 is 2.20 bits per heavy atom. The standard InChI is InChI=1S/C14H24N2O3S/c1-2-11-9-16(6-7-20-11)13(19)15-10-14(4-3-5-14)8-12(17)18/h11H,2-10H2,1H3,(H,15,19)(H,17,18). The Bertz CT molecular complexity index is 371. The van der Waals surface area contributed by atoms with Gasteiger partial charge in [0.05, 0.1) is 6.42 Å². The molecule has 1 aliphatic heterocycles. The first kappa shape index (κ1) is 15.5. The summed E-state index contributed by atoms with van der Waals surface area (Å²) in [7, 11) is 0. The van der Waals surface area contributed by atoms with Gasteiger partial charge >= 0.3 is 12.0 Å². The summed E-state index contributed by atoms with van der Waals surface area (Å²) >= 11 is 1.93. The zero-order valence-electron chi connectivity index (χ0n) is 12.1. The van der Waals surface area contributed by atoms with Gasteiger partial charge in [-0.1, -0.05) is 13.3 Å². The van der Waals surface area contributed by atoms with E-state index in [2.05, 4.69) is 12.2 Å². The van der Waals surface area contributed by atoms with Gasteiger partial charge in [0.15, 0.2) is 0 Å². The summed E-state index contributed by atoms with van der Waals surface area (Å²) in [6.45, 7) is 4.24. The number of amides is 2. The Morgan fingerprint density at radius 3 is 2.75 bits per heavy atom. The third-order valence-electron chi connectivity index (χ3n) is 4.44. The fraction of sp³-hybridized carbons (Fsp3) is 0.857. The topological polar surface area (TPSA) is 69.6 Å². The molecule has 1 heterocycles. The van der Waals surface area contributed by atoms with Crippen LogP contribution in [0.25, 0.3) is 0 Å². The minimum atomic E-state index is -0.764. The Morgan fingerprint density at radius 1 is 1.45 bits per heavy atom. The average Bonchev–Trinajstić information content (AvgIpc) is 2.41. The molecule has 0 aromatic carbocycles. The fourth-order valence-electron chi connectivity index (χ4n) is 2.94. The van der Waals surface area contributed by atoms with Gasteiger partial charge in [0.1, 0.15) is 0 Å². The fourth-order valence-corrected chi connectivity index (χ4v) is 4.12. The second-order valence-corrected chi connectivity index (χ2v) is 7.34. The van der Waals surface area contributed by atoms with E-state index in [1.165, 1.54) is 0 Å². The molecule has 114 valence electrons. The molecule has 2 rings (SSSR count). The van der Waals surface area contributed by atoms with Crippen LogP contribution in [-0.2, 0) is 4.79 Å². The zero-order valence-corrected chi connectivity index (χ0v) is 12.9. The van der Waals surface area contributed by atoms with Crippen molar-refractivity contribution < 1.29 is 14.7 Å². The number of urea groups is 1. The maximum Gasteiger partial charge on any atom is 0.317 e. The van der Waals surface area contributed by atoms with E-state index < -0.39 is 5.97 Å². The molecule has 0 bridgehead atoms. The highest BCUT2D eigenvalue weighted by Gasteiger charge is 2.39. The minimum Gasteiger partial charge on any atom is -0.481 e. The van der Waals surface area contributed by atoms with Crippen molar-refractivity contribution in [3.63, 3.8) is 0 Å². The van der Waals surface area contributed by atoms with Gasteiger partial charge in [-0.05, 0) is 24.7 Å². The molecule has 0 spiro atoms. The average molecular weight is 300 g/mol. The molecule has 2 amide bonds. The Hall–Kier alpha value is -0.910. The molecule has 2 aliphatic rings. The lowest BCUT2D eigenvalue weighted by Crippen LogP contribution is -2.51. The van der Waals surface area contributed by atoms with Crippen LogP contribution in [0.2, 0.25) is 0 Å². The van der Waals surface area contributed by atoms with Crippen LogP contribution >= 0.6 is 11.8 Å². The van der Waals surface area contributed by atoms with Crippen molar-refractivity contribution in [2.24, 2.45) is 5.41 Å². The molecule has 1 atom stereocenters. The van der Waals surface area contributed by atoms with Crippen LogP contribution in [0, 0.1) is 5.41 Å². The first-order valence-electron chi connectivity index (χ1n) is 7.41. The van der Waals surface area contributed by atoms with Gasteiger partial charge in [0.25, 0.3) is 0 Å². The van der Waals surface area contributed by atoms with E-state index >= 15 is 0 Å². The van der Waals surface area contributed by atoms with Gasteiger partial charge < -0.3 is 15.3 Å². The molecule has 2 fully saturated rings. The predicted molar refractivity (Wildman–Crippen MR) is 80.0 cm³/mol. The van der Waals surface area contributed by atoms with E-state index in [0.29, 0.717) is 11.8 Å². The number of hydrogen-bond donors (Lipinski definition) is 2. The number of nitrogens with one attached hydrogen (secondary N) is 1. The van der Waals surface area contributed by atoms with Crippen LogP contribution in [0.5, 0.6) is 0 Å². The summed E-state index contributed by atoms with van der Waals surface area (Å²) in [6.07, 6.45) is 4.14. The Kier molecular flexibility index (Phi) is 5.18. The van der Waals surface area contributed by atoms with Crippen molar-refractivity contribution in [2.75, 3.05) is 25.4 Å². The maximum absolute atomic E-state index is 12.2. The van der Waals surface area contributed by atoms with Crippen LogP contribution < -0.4 is 5.32 Å². The molecular weight excluding hydrogens is 276 g/mol. The van der Waals surface area contributed by atoms with Gasteiger partial charge in [-0.15, -0.1) is 0 Å². The minimum absolute atomic E-state index is 0.0274. The summed E-state index contributed by atoms with van der Waals surface area (Å²) in [5, 5.41) is 12.5. The van der Waals surface area contributed by atoms with Gasteiger partial charge in [0, 0.05) is 30.6 Å². The zero-order chi connectivity index (χ0) is 14.6. The number of carbonyl (C=O) groups is 2. The van der Waals surface area contributed by atoms with Crippen molar-refractivity contribution in [3.8, 4) is 0 Å². The summed E-state index contributed by atoms with van der Waals surface area (Å²) < 4.78 is 0. The third-order valence-corrected chi connectivity index (χ3v) is 5.81. The van der Waals surface area contributed by atoms with E-state index in [-0.39, 0.29) is 17.9 Å². The largest absolute Gasteiger partial charge is 0.481 e. The number of carboxylic acids is 1. The van der Waals surface area contributed by atoms with Crippen LogP contribution in [0.4, 0.5) is 4.79 Å². The van der Waals surface area contributed by atoms with Crippen molar-refractivity contribution in [1.29, 1.82) is 0 Å². The first-order valence-corrected chi connectivity index (χ1v) is 8.46. The van der Waals surface area contributed by atoms with Gasteiger partial charge in [-0.3, -0.25) is 4.79 Å². The van der Waals surface area contributed by atoms with Crippen molar-refractivity contribution in [3.05, 3.63) is 0 Å². The molecule has 1 saturated carbocycles. The molecule has 6 heteroatoms. The molecule has 2 N–H and O–H groups in total. The number of aliphatic carboxylic acids is 1. The lowest BCUT2D eigenvalue weighted by molar-refractivity contribution is -0.141. The highest BCUT2D eigenvalue weighted by molar-refractivity contribution is 8.00. The first-order chi connectivity index (χ1) is 9.54.